The third-order valence-electron chi connectivity index (χ3n) is 4.76. The Morgan fingerprint density at radius 3 is 2.70 bits per heavy atom. The number of ether oxygens (including phenoxy) is 2. The number of methoxy groups -OCH3 is 1. The highest BCUT2D eigenvalue weighted by atomic mass is 16.5. The molecule has 0 aliphatic carbocycles. The standard InChI is InChI=1S/C25H21N3O2/c1-17-7-5-8-18(13-17)16-30-24-19(9-6-12-23(24)29-2)14-20(15-26)25-27-21-10-3-4-11-22(21)28-25/h3-14H,16H2,1-2H3,(H,27,28)/b20-14-. The first-order valence-corrected chi connectivity index (χ1v) is 9.60. The van der Waals surface area contributed by atoms with Crippen LogP contribution in [-0.4, -0.2) is 17.1 Å². The van der Waals surface area contributed by atoms with Crippen molar-refractivity contribution >= 4 is 22.7 Å². The molecule has 0 amide bonds. The fourth-order valence-corrected chi connectivity index (χ4v) is 3.31. The zero-order valence-electron chi connectivity index (χ0n) is 16.8. The highest BCUT2D eigenvalue weighted by Gasteiger charge is 2.13. The molecule has 0 atom stereocenters. The maximum atomic E-state index is 9.77. The summed E-state index contributed by atoms with van der Waals surface area (Å²) in [6.45, 7) is 2.45. The Balaban J connectivity index is 1.71. The number of nitrogens with one attached hydrogen (secondary N) is 1. The van der Waals surface area contributed by atoms with Crippen LogP contribution in [0, 0.1) is 18.3 Å². The van der Waals surface area contributed by atoms with Crippen molar-refractivity contribution in [2.45, 2.75) is 13.5 Å². The Morgan fingerprint density at radius 1 is 1.10 bits per heavy atom. The lowest BCUT2D eigenvalue weighted by Gasteiger charge is -2.14. The van der Waals surface area contributed by atoms with Gasteiger partial charge in [-0.05, 0) is 36.8 Å². The van der Waals surface area contributed by atoms with E-state index in [-0.39, 0.29) is 0 Å². The van der Waals surface area contributed by atoms with Crippen molar-refractivity contribution in [1.82, 2.24) is 9.97 Å². The van der Waals surface area contributed by atoms with Crippen LogP contribution in [0.15, 0.2) is 66.7 Å². The van der Waals surface area contributed by atoms with Gasteiger partial charge in [-0.2, -0.15) is 5.26 Å². The molecule has 1 heterocycles. The Labute approximate surface area is 175 Å². The number of H-pyrrole nitrogens is 1. The van der Waals surface area contributed by atoms with Crippen molar-refractivity contribution in [2.75, 3.05) is 7.11 Å². The molecule has 5 nitrogen and oxygen atoms in total. The van der Waals surface area contributed by atoms with E-state index in [1.165, 1.54) is 5.56 Å². The van der Waals surface area contributed by atoms with Crippen LogP contribution in [0.4, 0.5) is 0 Å². The van der Waals surface area contributed by atoms with Crippen molar-refractivity contribution in [3.8, 4) is 17.6 Å². The number of imidazole rings is 1. The Kier molecular flexibility index (Phi) is 5.49. The zero-order valence-corrected chi connectivity index (χ0v) is 16.8. The van der Waals surface area contributed by atoms with Crippen molar-refractivity contribution < 1.29 is 9.47 Å². The molecule has 0 unspecified atom stereocenters. The van der Waals surface area contributed by atoms with E-state index in [2.05, 4.69) is 22.1 Å². The number of nitrogens with zero attached hydrogens (tertiary/aromatic N) is 2. The number of allylic oxidation sites excluding steroid dienone is 1. The molecule has 148 valence electrons. The lowest BCUT2D eigenvalue weighted by atomic mass is 10.1. The number of nitriles is 1. The van der Waals surface area contributed by atoms with Crippen LogP contribution < -0.4 is 9.47 Å². The molecule has 30 heavy (non-hydrogen) atoms. The minimum atomic E-state index is 0.398. The van der Waals surface area contributed by atoms with Crippen LogP contribution in [0.25, 0.3) is 22.7 Å². The van der Waals surface area contributed by atoms with E-state index in [0.29, 0.717) is 29.5 Å². The van der Waals surface area contributed by atoms with Crippen molar-refractivity contribution in [3.05, 3.63) is 89.2 Å². The molecule has 0 saturated carbocycles. The van der Waals surface area contributed by atoms with Crippen molar-refractivity contribution in [3.63, 3.8) is 0 Å². The molecule has 0 aliphatic heterocycles. The van der Waals surface area contributed by atoms with Gasteiger partial charge in [-0.1, -0.05) is 54.1 Å². The van der Waals surface area contributed by atoms with Crippen molar-refractivity contribution in [2.24, 2.45) is 0 Å². The van der Waals surface area contributed by atoms with Crippen LogP contribution >= 0.6 is 0 Å². The maximum absolute atomic E-state index is 9.77. The molecule has 1 N–H and O–H groups in total. The van der Waals surface area contributed by atoms with Gasteiger partial charge < -0.3 is 14.5 Å². The number of hydrogen-bond acceptors (Lipinski definition) is 4. The molecular formula is C25H21N3O2. The van der Waals surface area contributed by atoms with Crippen LogP contribution in [-0.2, 0) is 6.61 Å². The third-order valence-corrected chi connectivity index (χ3v) is 4.76. The molecule has 0 radical (unpaired) electrons. The second kappa shape index (κ2) is 8.54. The fraction of sp³-hybridized carbons (Fsp3) is 0.120. The van der Waals surface area contributed by atoms with Gasteiger partial charge in [-0.3, -0.25) is 0 Å². The van der Waals surface area contributed by atoms with E-state index in [0.717, 1.165) is 22.2 Å². The average Bonchev–Trinajstić information content (AvgIpc) is 3.20. The molecule has 0 fully saturated rings. The van der Waals surface area contributed by atoms with Crippen LogP contribution in [0.2, 0.25) is 0 Å². The highest BCUT2D eigenvalue weighted by molar-refractivity contribution is 5.91. The topological polar surface area (TPSA) is 70.9 Å². The van der Waals surface area contributed by atoms with Crippen LogP contribution in [0.1, 0.15) is 22.5 Å². The van der Waals surface area contributed by atoms with Gasteiger partial charge >= 0.3 is 0 Å². The Hall–Kier alpha value is -4.04. The summed E-state index contributed by atoms with van der Waals surface area (Å²) in [5.41, 5.74) is 5.10. The van der Waals surface area contributed by atoms with E-state index in [1.54, 1.807) is 13.2 Å². The highest BCUT2D eigenvalue weighted by Crippen LogP contribution is 2.34. The van der Waals surface area contributed by atoms with Gasteiger partial charge in [0, 0.05) is 5.56 Å². The Bertz CT molecular complexity index is 1230. The summed E-state index contributed by atoms with van der Waals surface area (Å²) in [4.78, 5) is 7.74. The SMILES string of the molecule is COc1cccc(/C=C(/C#N)c2nc3ccccc3[nH]2)c1OCc1cccc(C)c1. The smallest absolute Gasteiger partial charge is 0.168 e. The molecule has 0 aliphatic rings. The number of benzene rings is 3. The molecule has 0 spiro atoms. The average molecular weight is 395 g/mol. The number of fused-ring (bicyclic) bond motifs is 1. The van der Waals surface area contributed by atoms with Gasteiger partial charge in [0.15, 0.2) is 11.5 Å². The lowest BCUT2D eigenvalue weighted by molar-refractivity contribution is 0.284. The monoisotopic (exact) mass is 395 g/mol. The van der Waals surface area contributed by atoms with Gasteiger partial charge in [0.25, 0.3) is 0 Å². The van der Waals surface area contributed by atoms with E-state index >= 15 is 0 Å². The van der Waals surface area contributed by atoms with Gasteiger partial charge in [0.1, 0.15) is 18.5 Å². The van der Waals surface area contributed by atoms with Crippen molar-refractivity contribution in [1.29, 1.82) is 5.26 Å². The number of hydrogen-bond donors (Lipinski definition) is 1. The zero-order chi connectivity index (χ0) is 20.9. The van der Waals surface area contributed by atoms with E-state index in [9.17, 15) is 5.26 Å². The first-order chi connectivity index (χ1) is 14.7. The minimum Gasteiger partial charge on any atom is -0.493 e. The number of aromatic nitrogens is 2. The predicted molar refractivity (Wildman–Crippen MR) is 118 cm³/mol. The molecule has 3 aromatic carbocycles. The van der Waals surface area contributed by atoms with Gasteiger partial charge in [0.2, 0.25) is 0 Å². The molecule has 0 bridgehead atoms. The first kappa shape index (κ1) is 19.3. The largest absolute Gasteiger partial charge is 0.493 e. The number of rotatable bonds is 6. The molecular weight excluding hydrogens is 374 g/mol. The number of aromatic amines is 1. The molecule has 4 rings (SSSR count). The lowest BCUT2D eigenvalue weighted by Crippen LogP contribution is -2.00. The first-order valence-electron chi connectivity index (χ1n) is 9.60. The second-order valence-corrected chi connectivity index (χ2v) is 6.93. The Morgan fingerprint density at radius 2 is 1.93 bits per heavy atom. The van der Waals surface area contributed by atoms with Gasteiger partial charge in [0.05, 0.1) is 23.7 Å². The van der Waals surface area contributed by atoms with E-state index < -0.39 is 0 Å². The van der Waals surface area contributed by atoms with Gasteiger partial charge in [-0.25, -0.2) is 4.98 Å². The van der Waals surface area contributed by atoms with E-state index in [4.69, 9.17) is 9.47 Å². The summed E-state index contributed by atoms with van der Waals surface area (Å²) in [6, 6.07) is 23.7. The predicted octanol–water partition coefficient (Wildman–Crippen LogP) is 5.52. The van der Waals surface area contributed by atoms with Crippen LogP contribution in [0.5, 0.6) is 11.5 Å². The quantitative estimate of drug-likeness (QED) is 0.436. The summed E-state index contributed by atoms with van der Waals surface area (Å²) in [7, 11) is 1.60. The summed E-state index contributed by atoms with van der Waals surface area (Å²) in [6.07, 6.45) is 1.77. The fourth-order valence-electron chi connectivity index (χ4n) is 3.31. The summed E-state index contributed by atoms with van der Waals surface area (Å²) >= 11 is 0. The van der Waals surface area contributed by atoms with E-state index in [1.807, 2.05) is 67.6 Å². The maximum Gasteiger partial charge on any atom is 0.168 e. The molecule has 4 aromatic rings. The minimum absolute atomic E-state index is 0.398. The summed E-state index contributed by atoms with van der Waals surface area (Å²) < 4.78 is 11.6. The third kappa shape index (κ3) is 4.03. The second-order valence-electron chi connectivity index (χ2n) is 6.93. The number of aryl methyl sites for hydroxylation is 1. The molecule has 5 heteroatoms. The summed E-state index contributed by atoms with van der Waals surface area (Å²) in [5, 5.41) is 9.77. The van der Waals surface area contributed by atoms with Gasteiger partial charge in [-0.15, -0.1) is 0 Å². The molecule has 0 saturated heterocycles. The molecule has 1 aromatic heterocycles. The normalized spacial score (nSPS) is 11.3. The van der Waals surface area contributed by atoms with Crippen LogP contribution in [0.3, 0.4) is 0 Å². The summed E-state index contributed by atoms with van der Waals surface area (Å²) in [5.74, 6) is 1.72. The number of para-hydroxylation sites is 3.